The Bertz CT molecular complexity index is 315. The molecule has 0 heterocycles. The van der Waals surface area contributed by atoms with Crippen LogP contribution in [-0.4, -0.2) is 11.9 Å². The summed E-state index contributed by atoms with van der Waals surface area (Å²) in [7, 11) is 0. The van der Waals surface area contributed by atoms with Gasteiger partial charge in [-0.2, -0.15) is 0 Å². The minimum atomic E-state index is -0.262. The Morgan fingerprint density at radius 2 is 2.20 bits per heavy atom. The Hall–Kier alpha value is -0.310. The van der Waals surface area contributed by atoms with Crippen LogP contribution in [0.5, 0.6) is 0 Å². The lowest BCUT2D eigenvalue weighted by Crippen LogP contribution is -2.17. The Balaban J connectivity index is 2.40. The van der Waals surface area contributed by atoms with Gasteiger partial charge in [0.15, 0.2) is 0 Å². The highest BCUT2D eigenvalue weighted by molar-refractivity contribution is 6.31. The first-order valence-electron chi connectivity index (χ1n) is 4.88. The quantitative estimate of drug-likeness (QED) is 0.622. The Kier molecular flexibility index (Phi) is 5.37. The van der Waals surface area contributed by atoms with Crippen LogP contribution in [0.3, 0.4) is 0 Å². The zero-order chi connectivity index (χ0) is 11.3. The second-order valence-electron chi connectivity index (χ2n) is 3.48. The topological polar surface area (TPSA) is 12.0 Å². The second kappa shape index (κ2) is 6.31. The predicted molar refractivity (Wildman–Crippen MR) is 63.0 cm³/mol. The van der Waals surface area contributed by atoms with Crippen LogP contribution in [0, 0.1) is 5.82 Å². The number of alkyl halides is 1. The van der Waals surface area contributed by atoms with Crippen molar-refractivity contribution in [2.45, 2.75) is 25.3 Å². The van der Waals surface area contributed by atoms with E-state index in [-0.39, 0.29) is 11.2 Å². The van der Waals surface area contributed by atoms with Crippen LogP contribution in [0.1, 0.15) is 18.9 Å². The first-order valence-corrected chi connectivity index (χ1v) is 5.69. The summed E-state index contributed by atoms with van der Waals surface area (Å²) in [4.78, 5) is 0. The third-order valence-corrected chi connectivity index (χ3v) is 2.63. The van der Waals surface area contributed by atoms with E-state index >= 15 is 0 Å². The fourth-order valence-corrected chi connectivity index (χ4v) is 1.50. The molecular formula is C11H14Cl2FN. The van der Waals surface area contributed by atoms with Crippen molar-refractivity contribution in [3.05, 3.63) is 34.6 Å². The van der Waals surface area contributed by atoms with E-state index in [9.17, 15) is 4.39 Å². The molecule has 1 aromatic carbocycles. The Morgan fingerprint density at radius 3 is 2.87 bits per heavy atom. The standard InChI is InChI=1S/C11H14Cl2FN/c1-8(12)4-5-15-7-9-6-10(14)2-3-11(9)13/h2-3,6,8,15H,4-5,7H2,1H3. The van der Waals surface area contributed by atoms with Crippen molar-refractivity contribution < 1.29 is 4.39 Å². The third kappa shape index (κ3) is 4.83. The maximum Gasteiger partial charge on any atom is 0.123 e. The van der Waals surface area contributed by atoms with Crippen LogP contribution < -0.4 is 5.32 Å². The van der Waals surface area contributed by atoms with Crippen LogP contribution >= 0.6 is 23.2 Å². The van der Waals surface area contributed by atoms with Crippen LogP contribution in [0.4, 0.5) is 4.39 Å². The van der Waals surface area contributed by atoms with Crippen molar-refractivity contribution in [2.75, 3.05) is 6.54 Å². The number of rotatable bonds is 5. The van der Waals surface area contributed by atoms with Crippen molar-refractivity contribution in [3.63, 3.8) is 0 Å². The van der Waals surface area contributed by atoms with E-state index in [0.717, 1.165) is 18.5 Å². The van der Waals surface area contributed by atoms with Crippen LogP contribution in [0.25, 0.3) is 0 Å². The molecule has 84 valence electrons. The summed E-state index contributed by atoms with van der Waals surface area (Å²) in [6.45, 7) is 3.32. The van der Waals surface area contributed by atoms with Gasteiger partial charge in [0.2, 0.25) is 0 Å². The van der Waals surface area contributed by atoms with E-state index in [1.54, 1.807) is 6.07 Å². The highest BCUT2D eigenvalue weighted by atomic mass is 35.5. The van der Waals surface area contributed by atoms with Crippen LogP contribution in [-0.2, 0) is 6.54 Å². The lowest BCUT2D eigenvalue weighted by molar-refractivity contribution is 0.615. The molecule has 15 heavy (non-hydrogen) atoms. The summed E-state index contributed by atoms with van der Waals surface area (Å²) in [6.07, 6.45) is 0.883. The summed E-state index contributed by atoms with van der Waals surface area (Å²) in [6, 6.07) is 4.37. The fraction of sp³-hybridized carbons (Fsp3) is 0.455. The molecule has 0 saturated carbocycles. The molecule has 0 aliphatic heterocycles. The number of halogens is 3. The van der Waals surface area contributed by atoms with Gasteiger partial charge in [0, 0.05) is 16.9 Å². The van der Waals surface area contributed by atoms with Crippen molar-refractivity contribution >= 4 is 23.2 Å². The normalized spacial score (nSPS) is 12.8. The zero-order valence-electron chi connectivity index (χ0n) is 8.56. The number of benzene rings is 1. The SMILES string of the molecule is CC(Cl)CCNCc1cc(F)ccc1Cl. The monoisotopic (exact) mass is 249 g/mol. The zero-order valence-corrected chi connectivity index (χ0v) is 10.1. The minimum absolute atomic E-state index is 0.153. The van der Waals surface area contributed by atoms with Gasteiger partial charge in [-0.15, -0.1) is 11.6 Å². The summed E-state index contributed by atoms with van der Waals surface area (Å²) in [5.41, 5.74) is 0.777. The molecule has 1 N–H and O–H groups in total. The van der Waals surface area contributed by atoms with Crippen molar-refractivity contribution in [3.8, 4) is 0 Å². The summed E-state index contributed by atoms with van der Waals surface area (Å²) < 4.78 is 12.9. The molecular weight excluding hydrogens is 236 g/mol. The molecule has 4 heteroatoms. The number of hydrogen-bond donors (Lipinski definition) is 1. The average Bonchev–Trinajstić information content (AvgIpc) is 2.17. The molecule has 0 fully saturated rings. The molecule has 0 aliphatic carbocycles. The van der Waals surface area contributed by atoms with E-state index in [0.29, 0.717) is 11.6 Å². The lowest BCUT2D eigenvalue weighted by atomic mass is 10.2. The molecule has 1 atom stereocenters. The predicted octanol–water partition coefficient (Wildman–Crippen LogP) is 3.59. The van der Waals surface area contributed by atoms with E-state index < -0.39 is 0 Å². The van der Waals surface area contributed by atoms with E-state index in [1.807, 2.05) is 6.92 Å². The summed E-state index contributed by atoms with van der Waals surface area (Å²) in [5, 5.41) is 3.90. The van der Waals surface area contributed by atoms with Gasteiger partial charge in [0.1, 0.15) is 5.82 Å². The second-order valence-corrected chi connectivity index (χ2v) is 4.63. The van der Waals surface area contributed by atoms with Gasteiger partial charge in [-0.3, -0.25) is 0 Å². The Labute approximate surface area is 99.6 Å². The van der Waals surface area contributed by atoms with Gasteiger partial charge >= 0.3 is 0 Å². The molecule has 0 bridgehead atoms. The summed E-state index contributed by atoms with van der Waals surface area (Å²) in [5.74, 6) is -0.262. The number of nitrogens with one attached hydrogen (secondary N) is 1. The molecule has 0 aromatic heterocycles. The van der Waals surface area contributed by atoms with Gasteiger partial charge in [0.25, 0.3) is 0 Å². The average molecular weight is 250 g/mol. The maximum absolute atomic E-state index is 12.9. The Morgan fingerprint density at radius 1 is 1.47 bits per heavy atom. The molecule has 1 rings (SSSR count). The first-order chi connectivity index (χ1) is 7.09. The van der Waals surface area contributed by atoms with Crippen LogP contribution in [0.2, 0.25) is 5.02 Å². The smallest absolute Gasteiger partial charge is 0.123 e. The minimum Gasteiger partial charge on any atom is -0.313 e. The maximum atomic E-state index is 12.9. The molecule has 1 unspecified atom stereocenters. The molecule has 0 saturated heterocycles. The molecule has 1 nitrogen and oxygen atoms in total. The molecule has 0 spiro atoms. The van der Waals surface area contributed by atoms with Crippen molar-refractivity contribution in [2.24, 2.45) is 0 Å². The van der Waals surface area contributed by atoms with Gasteiger partial charge < -0.3 is 5.32 Å². The lowest BCUT2D eigenvalue weighted by Gasteiger charge is -2.07. The van der Waals surface area contributed by atoms with Crippen molar-refractivity contribution in [1.29, 1.82) is 0 Å². The first kappa shape index (κ1) is 12.8. The highest BCUT2D eigenvalue weighted by Gasteiger charge is 2.02. The van der Waals surface area contributed by atoms with Crippen LogP contribution in [0.15, 0.2) is 18.2 Å². The highest BCUT2D eigenvalue weighted by Crippen LogP contribution is 2.16. The molecule has 1 aromatic rings. The van der Waals surface area contributed by atoms with Crippen molar-refractivity contribution in [1.82, 2.24) is 5.32 Å². The number of hydrogen-bond acceptors (Lipinski definition) is 1. The molecule has 0 radical (unpaired) electrons. The fourth-order valence-electron chi connectivity index (χ4n) is 1.20. The van der Waals surface area contributed by atoms with Gasteiger partial charge in [-0.1, -0.05) is 11.6 Å². The summed E-state index contributed by atoms with van der Waals surface area (Å²) >= 11 is 11.7. The third-order valence-electron chi connectivity index (χ3n) is 2.04. The van der Waals surface area contributed by atoms with Gasteiger partial charge in [-0.25, -0.2) is 4.39 Å². The molecule has 0 aliphatic rings. The van der Waals surface area contributed by atoms with E-state index in [1.165, 1.54) is 12.1 Å². The van der Waals surface area contributed by atoms with E-state index in [2.05, 4.69) is 5.32 Å². The van der Waals surface area contributed by atoms with Gasteiger partial charge in [-0.05, 0) is 43.7 Å². The van der Waals surface area contributed by atoms with Gasteiger partial charge in [0.05, 0.1) is 0 Å². The molecule has 0 amide bonds. The van der Waals surface area contributed by atoms with E-state index in [4.69, 9.17) is 23.2 Å². The largest absolute Gasteiger partial charge is 0.313 e.